The number of allylic oxidation sites excluding steroid dienone is 1. The van der Waals surface area contributed by atoms with Crippen LogP contribution < -0.4 is 0 Å². The fourth-order valence-electron chi connectivity index (χ4n) is 1.16. The summed E-state index contributed by atoms with van der Waals surface area (Å²) in [5.74, 6) is 0. The van der Waals surface area contributed by atoms with E-state index in [2.05, 4.69) is 19.9 Å². The van der Waals surface area contributed by atoms with Gasteiger partial charge in [0.25, 0.3) is 0 Å². The van der Waals surface area contributed by atoms with Crippen LogP contribution in [0.1, 0.15) is 26.2 Å². The molecule has 0 bridgehead atoms. The molecule has 0 aromatic carbocycles. The van der Waals surface area contributed by atoms with Crippen molar-refractivity contribution >= 4 is 0 Å². The zero-order valence-electron chi connectivity index (χ0n) is 6.55. The Labute approximate surface area is 63.1 Å². The Morgan fingerprint density at radius 1 is 1.50 bits per heavy atom. The van der Waals surface area contributed by atoms with Gasteiger partial charge in [-0.2, -0.15) is 0 Å². The topological polar surface area (TPSA) is 12.5 Å². The Morgan fingerprint density at radius 3 is 2.90 bits per heavy atom. The molecule has 1 fully saturated rings. The van der Waals surface area contributed by atoms with Gasteiger partial charge in [-0.1, -0.05) is 19.4 Å². The summed E-state index contributed by atoms with van der Waals surface area (Å²) < 4.78 is 5.38. The smallest absolute Gasteiger partial charge is 0.0847 e. The third kappa shape index (κ3) is 2.14. The number of hydrogen-bond donors (Lipinski definition) is 0. The third-order valence-electron chi connectivity index (χ3n) is 1.80. The van der Waals surface area contributed by atoms with Gasteiger partial charge in [-0.05, 0) is 19.3 Å². The number of epoxide rings is 1. The van der Waals surface area contributed by atoms with Crippen LogP contribution in [0.3, 0.4) is 0 Å². The Morgan fingerprint density at radius 2 is 2.30 bits per heavy atom. The highest BCUT2D eigenvalue weighted by Crippen LogP contribution is 2.29. The van der Waals surface area contributed by atoms with Gasteiger partial charge in [0, 0.05) is 0 Å². The fraction of sp³-hybridized carbons (Fsp3) is 0.667. The highest BCUT2D eigenvalue weighted by atomic mass is 16.6. The minimum absolute atomic E-state index is 0.512. The molecule has 0 amide bonds. The first-order chi connectivity index (χ1) is 4.88. The second-order valence-electron chi connectivity index (χ2n) is 2.71. The normalized spacial score (nSPS) is 30.1. The molecule has 0 aliphatic carbocycles. The Kier molecular flexibility index (Phi) is 2.94. The molecule has 0 aromatic rings. The second-order valence-corrected chi connectivity index (χ2v) is 2.71. The number of ether oxygens (including phenoxy) is 1. The molecule has 57 valence electrons. The highest BCUT2D eigenvalue weighted by Gasteiger charge is 2.36. The first kappa shape index (κ1) is 7.80. The molecule has 1 radical (unpaired) electrons. The van der Waals surface area contributed by atoms with Gasteiger partial charge < -0.3 is 4.74 Å². The standard InChI is InChI=1S/C9H15O/c1-3-5-7-9-8(10-9)6-4-2/h3,5,8-9H,1,4,6-7H2,2H3. The van der Waals surface area contributed by atoms with Crippen molar-refractivity contribution in [2.45, 2.75) is 38.4 Å². The van der Waals surface area contributed by atoms with Gasteiger partial charge in [0.15, 0.2) is 0 Å². The average Bonchev–Trinajstić information content (AvgIpc) is 2.65. The molecule has 1 saturated heterocycles. The summed E-state index contributed by atoms with van der Waals surface area (Å²) in [5.41, 5.74) is 0. The summed E-state index contributed by atoms with van der Waals surface area (Å²) in [4.78, 5) is 0. The lowest BCUT2D eigenvalue weighted by atomic mass is 10.1. The molecular formula is C9H15O. The predicted molar refractivity (Wildman–Crippen MR) is 42.7 cm³/mol. The molecule has 1 heterocycles. The van der Waals surface area contributed by atoms with E-state index in [4.69, 9.17) is 4.74 Å². The molecule has 1 aliphatic rings. The minimum Gasteiger partial charge on any atom is -0.370 e. The largest absolute Gasteiger partial charge is 0.370 e. The van der Waals surface area contributed by atoms with Crippen molar-refractivity contribution in [1.82, 2.24) is 0 Å². The molecular weight excluding hydrogens is 124 g/mol. The molecule has 1 rings (SSSR count). The summed E-state index contributed by atoms with van der Waals surface area (Å²) in [6, 6.07) is 0. The molecule has 1 heteroatoms. The molecule has 0 aromatic heterocycles. The van der Waals surface area contributed by atoms with Crippen LogP contribution in [-0.4, -0.2) is 12.2 Å². The SMILES string of the molecule is C=C[CH]CC1OC1CCC. The molecule has 0 saturated carbocycles. The van der Waals surface area contributed by atoms with Crippen LogP contribution in [0.2, 0.25) is 0 Å². The Balaban J connectivity index is 1.96. The maximum atomic E-state index is 5.38. The highest BCUT2D eigenvalue weighted by molar-refractivity contribution is 4.95. The zero-order valence-corrected chi connectivity index (χ0v) is 6.55. The van der Waals surface area contributed by atoms with Crippen molar-refractivity contribution in [1.29, 1.82) is 0 Å². The fourth-order valence-corrected chi connectivity index (χ4v) is 1.16. The van der Waals surface area contributed by atoms with Gasteiger partial charge in [0.2, 0.25) is 0 Å². The summed E-state index contributed by atoms with van der Waals surface area (Å²) in [7, 11) is 0. The van der Waals surface area contributed by atoms with Crippen LogP contribution >= 0.6 is 0 Å². The lowest BCUT2D eigenvalue weighted by Gasteiger charge is -1.87. The van der Waals surface area contributed by atoms with E-state index < -0.39 is 0 Å². The van der Waals surface area contributed by atoms with E-state index in [1.165, 1.54) is 12.8 Å². The van der Waals surface area contributed by atoms with Crippen LogP contribution in [0.15, 0.2) is 12.7 Å². The van der Waals surface area contributed by atoms with Gasteiger partial charge in [-0.15, -0.1) is 6.58 Å². The van der Waals surface area contributed by atoms with Crippen LogP contribution in [-0.2, 0) is 4.74 Å². The van der Waals surface area contributed by atoms with E-state index >= 15 is 0 Å². The summed E-state index contributed by atoms with van der Waals surface area (Å²) >= 11 is 0. The van der Waals surface area contributed by atoms with Crippen molar-refractivity contribution in [3.05, 3.63) is 19.1 Å². The molecule has 2 atom stereocenters. The summed E-state index contributed by atoms with van der Waals surface area (Å²) in [5, 5.41) is 0. The van der Waals surface area contributed by atoms with Gasteiger partial charge in [-0.25, -0.2) is 0 Å². The number of rotatable bonds is 5. The van der Waals surface area contributed by atoms with E-state index in [1.54, 1.807) is 0 Å². The van der Waals surface area contributed by atoms with E-state index in [0.717, 1.165) is 6.42 Å². The van der Waals surface area contributed by atoms with Crippen LogP contribution in [0, 0.1) is 6.42 Å². The van der Waals surface area contributed by atoms with Gasteiger partial charge in [-0.3, -0.25) is 0 Å². The van der Waals surface area contributed by atoms with Gasteiger partial charge >= 0.3 is 0 Å². The minimum atomic E-state index is 0.512. The second kappa shape index (κ2) is 3.77. The summed E-state index contributed by atoms with van der Waals surface area (Å²) in [6.45, 7) is 5.81. The maximum absolute atomic E-state index is 5.38. The zero-order chi connectivity index (χ0) is 7.40. The molecule has 1 nitrogen and oxygen atoms in total. The maximum Gasteiger partial charge on any atom is 0.0847 e. The van der Waals surface area contributed by atoms with Crippen molar-refractivity contribution in [3.8, 4) is 0 Å². The van der Waals surface area contributed by atoms with Crippen molar-refractivity contribution in [2.75, 3.05) is 0 Å². The van der Waals surface area contributed by atoms with Crippen molar-refractivity contribution in [3.63, 3.8) is 0 Å². The first-order valence-corrected chi connectivity index (χ1v) is 3.98. The van der Waals surface area contributed by atoms with E-state index in [0.29, 0.717) is 12.2 Å². The van der Waals surface area contributed by atoms with Crippen LogP contribution in [0.25, 0.3) is 0 Å². The first-order valence-electron chi connectivity index (χ1n) is 3.98. The lowest BCUT2D eigenvalue weighted by molar-refractivity contribution is 0.361. The van der Waals surface area contributed by atoms with E-state index in [-0.39, 0.29) is 0 Å². The molecule has 0 N–H and O–H groups in total. The van der Waals surface area contributed by atoms with Crippen molar-refractivity contribution in [2.24, 2.45) is 0 Å². The lowest BCUT2D eigenvalue weighted by Crippen LogP contribution is -1.92. The Hall–Kier alpha value is -0.300. The Bertz CT molecular complexity index is 109. The van der Waals surface area contributed by atoms with Crippen LogP contribution in [0.5, 0.6) is 0 Å². The molecule has 1 aliphatic heterocycles. The average molecular weight is 139 g/mol. The van der Waals surface area contributed by atoms with Crippen LogP contribution in [0.4, 0.5) is 0 Å². The van der Waals surface area contributed by atoms with Gasteiger partial charge in [0.05, 0.1) is 12.2 Å². The number of hydrogen-bond acceptors (Lipinski definition) is 1. The predicted octanol–water partition coefficient (Wildman–Crippen LogP) is 2.33. The van der Waals surface area contributed by atoms with Gasteiger partial charge in [0.1, 0.15) is 0 Å². The van der Waals surface area contributed by atoms with E-state index in [9.17, 15) is 0 Å². The molecule has 0 spiro atoms. The summed E-state index contributed by atoms with van der Waals surface area (Å²) in [6.07, 6.45) is 8.48. The quantitative estimate of drug-likeness (QED) is 0.532. The molecule has 10 heavy (non-hydrogen) atoms. The van der Waals surface area contributed by atoms with E-state index in [1.807, 2.05) is 6.08 Å². The van der Waals surface area contributed by atoms with Crippen molar-refractivity contribution < 1.29 is 4.74 Å². The third-order valence-corrected chi connectivity index (χ3v) is 1.80. The monoisotopic (exact) mass is 139 g/mol. The molecule has 2 unspecified atom stereocenters.